The van der Waals surface area contributed by atoms with Crippen molar-refractivity contribution in [2.45, 2.75) is 268 Å². The van der Waals surface area contributed by atoms with Crippen molar-refractivity contribution in [1.82, 2.24) is 15.1 Å². The zero-order valence-electron chi connectivity index (χ0n) is 54.9. The summed E-state index contributed by atoms with van der Waals surface area (Å²) in [5.41, 5.74) is 4.47. The third kappa shape index (κ3) is 15.4. The molecule has 4 bridgehead atoms. The molecule has 2 fully saturated rings. The van der Waals surface area contributed by atoms with E-state index in [2.05, 4.69) is 41.1 Å². The first-order chi connectivity index (χ1) is 43.3. The van der Waals surface area contributed by atoms with E-state index in [-0.39, 0.29) is 50.0 Å². The molecule has 89 heavy (non-hydrogen) atoms. The van der Waals surface area contributed by atoms with Crippen LogP contribution in [0.15, 0.2) is 18.2 Å². The van der Waals surface area contributed by atoms with Gasteiger partial charge in [-0.15, -0.1) is 11.8 Å². The van der Waals surface area contributed by atoms with Crippen LogP contribution in [0.1, 0.15) is 262 Å². The van der Waals surface area contributed by atoms with E-state index in [1.54, 1.807) is 7.11 Å². The smallest absolute Gasteiger partial charge is 0.331 e. The number of aryl methyl sites for hydroxylation is 1. The second-order valence-electron chi connectivity index (χ2n) is 26.0. The number of piperazine rings is 1. The van der Waals surface area contributed by atoms with Gasteiger partial charge in [-0.25, -0.2) is 4.79 Å². The Morgan fingerprint density at radius 2 is 1.25 bits per heavy atom. The minimum absolute atomic E-state index is 0.0848. The highest BCUT2D eigenvalue weighted by Gasteiger charge is 2.62. The lowest BCUT2D eigenvalue weighted by atomic mass is 9.71. The van der Waals surface area contributed by atoms with Crippen molar-refractivity contribution in [2.24, 2.45) is 0 Å². The number of esters is 4. The minimum Gasteiger partial charge on any atom is -0.493 e. The SMILES string of the molecule is CCCCCCCCCCCCCCCC(=O)Oc1cc2c(cc1OC)[C@@]1(CS[C@@H]3c4c(OC(C)=O)c(C)c5c(c4[C@H](COC1=O)N1C3[C@@H]3c4c(cc(C)c(OC)c4OC(=O)CCCCCCCCCCCCCCC)C[C@@H]([C@@H]1C#N)N3C)OCO5)NCC2. The molecule has 7 heterocycles. The molecule has 0 aliphatic carbocycles. The van der Waals surface area contributed by atoms with Crippen LogP contribution < -0.4 is 38.5 Å². The molecule has 0 amide bonds. The van der Waals surface area contributed by atoms with E-state index in [1.807, 2.05) is 33.0 Å². The molecule has 7 aliphatic heterocycles. The highest BCUT2D eigenvalue weighted by Crippen LogP contribution is 2.65. The van der Waals surface area contributed by atoms with Crippen LogP contribution in [0.25, 0.3) is 0 Å². The Hall–Kier alpha value is -5.54. The Morgan fingerprint density at radius 1 is 0.674 bits per heavy atom. The maximum Gasteiger partial charge on any atom is 0.331 e. The third-order valence-corrected chi connectivity index (χ3v) is 21.3. The Morgan fingerprint density at radius 3 is 1.81 bits per heavy atom. The Balaban J connectivity index is 1.00. The number of nitrogens with one attached hydrogen (secondary N) is 1. The monoisotopic (exact) mass is 1250 g/mol. The maximum atomic E-state index is 15.5. The summed E-state index contributed by atoms with van der Waals surface area (Å²) < 4.78 is 50.6. The minimum atomic E-state index is -1.45. The number of nitrogens with zero attached hydrogens (tertiary/aromatic N) is 3. The van der Waals surface area contributed by atoms with E-state index in [9.17, 15) is 19.6 Å². The zero-order chi connectivity index (χ0) is 63.0. The van der Waals surface area contributed by atoms with Gasteiger partial charge < -0.3 is 37.9 Å². The number of likely N-dealkylation sites (N-methyl/N-ethyl adjacent to an activating group) is 1. The van der Waals surface area contributed by atoms with Crippen molar-refractivity contribution >= 4 is 35.6 Å². The largest absolute Gasteiger partial charge is 0.493 e. The number of unbranched alkanes of at least 4 members (excludes halogenated alkanes) is 24. The Labute approximate surface area is 534 Å². The van der Waals surface area contributed by atoms with E-state index in [1.165, 1.54) is 148 Å². The molecule has 3 aromatic rings. The van der Waals surface area contributed by atoms with Crippen LogP contribution in [0.5, 0.6) is 40.2 Å². The van der Waals surface area contributed by atoms with Gasteiger partial charge in [0.2, 0.25) is 6.79 Å². The fourth-order valence-electron chi connectivity index (χ4n) is 15.2. The molecule has 1 spiro atoms. The Bertz CT molecular complexity index is 2980. The second-order valence-corrected chi connectivity index (χ2v) is 27.1. The van der Waals surface area contributed by atoms with Crippen LogP contribution in [0, 0.1) is 25.2 Å². The highest BCUT2D eigenvalue weighted by atomic mass is 32.2. The molecule has 10 rings (SSSR count). The Kier molecular flexibility index (Phi) is 24.9. The van der Waals surface area contributed by atoms with Crippen molar-refractivity contribution in [3.05, 3.63) is 62.7 Å². The lowest BCUT2D eigenvalue weighted by molar-refractivity contribution is -0.157. The van der Waals surface area contributed by atoms with Crippen molar-refractivity contribution < 1.29 is 57.1 Å². The topological polar surface area (TPSA) is 184 Å². The molecule has 16 nitrogen and oxygen atoms in total. The van der Waals surface area contributed by atoms with E-state index in [4.69, 9.17) is 37.9 Å². The predicted molar refractivity (Wildman–Crippen MR) is 347 cm³/mol. The molecule has 0 radical (unpaired) electrons. The lowest BCUT2D eigenvalue weighted by Crippen LogP contribution is -2.69. The van der Waals surface area contributed by atoms with E-state index < -0.39 is 46.9 Å². The summed E-state index contributed by atoms with van der Waals surface area (Å²) in [5.74, 6) is 1.05. The number of carbonyl (C=O) groups is 4. The predicted octanol–water partition coefficient (Wildman–Crippen LogP) is 15.3. The summed E-state index contributed by atoms with van der Waals surface area (Å²) in [6, 6.07) is 5.44. The van der Waals surface area contributed by atoms with Crippen molar-refractivity contribution in [3.8, 4) is 46.3 Å². The van der Waals surface area contributed by atoms with Gasteiger partial charge in [-0.05, 0) is 81.0 Å². The second kappa shape index (κ2) is 32.6. The van der Waals surface area contributed by atoms with E-state index in [0.29, 0.717) is 88.3 Å². The first-order valence-corrected chi connectivity index (χ1v) is 35.3. The van der Waals surface area contributed by atoms with Gasteiger partial charge in [-0.3, -0.25) is 29.5 Å². The molecule has 1 unspecified atom stereocenters. The zero-order valence-corrected chi connectivity index (χ0v) is 55.7. The van der Waals surface area contributed by atoms with Crippen molar-refractivity contribution in [3.63, 3.8) is 0 Å². The number of hydrogen-bond donors (Lipinski definition) is 1. The number of methoxy groups -OCH3 is 2. The molecule has 7 atom stereocenters. The molecule has 1 N–H and O–H groups in total. The summed E-state index contributed by atoms with van der Waals surface area (Å²) in [4.78, 5) is 61.3. The molecule has 0 saturated carbocycles. The highest BCUT2D eigenvalue weighted by molar-refractivity contribution is 7.99. The molecule has 7 aliphatic rings. The molecule has 488 valence electrons. The number of nitriles is 1. The number of fused-ring (bicyclic) bond motifs is 9. The number of carbonyl (C=O) groups excluding carboxylic acids is 4. The lowest BCUT2D eigenvalue weighted by Gasteiger charge is -2.62. The number of ether oxygens (including phenoxy) is 8. The van der Waals surface area contributed by atoms with Crippen LogP contribution in [0.4, 0.5) is 0 Å². The van der Waals surface area contributed by atoms with Gasteiger partial charge in [-0.2, -0.15) is 5.26 Å². The van der Waals surface area contributed by atoms with Crippen LogP contribution in [-0.2, 0) is 42.3 Å². The van der Waals surface area contributed by atoms with Crippen LogP contribution in [0.2, 0.25) is 0 Å². The fraction of sp³-hybridized carbons (Fsp3) is 0.681. The van der Waals surface area contributed by atoms with Crippen LogP contribution in [-0.4, -0.2) is 98.8 Å². The van der Waals surface area contributed by atoms with Gasteiger partial charge >= 0.3 is 23.9 Å². The average Bonchev–Trinajstić information content (AvgIpc) is 1.71. The van der Waals surface area contributed by atoms with E-state index in [0.717, 1.165) is 60.8 Å². The molecule has 2 saturated heterocycles. The summed E-state index contributed by atoms with van der Waals surface area (Å²) >= 11 is 1.50. The summed E-state index contributed by atoms with van der Waals surface area (Å²) in [6.07, 6.45) is 32.8. The third-order valence-electron chi connectivity index (χ3n) is 19.8. The van der Waals surface area contributed by atoms with Gasteiger partial charge in [0.25, 0.3) is 0 Å². The van der Waals surface area contributed by atoms with Gasteiger partial charge in [0, 0.05) is 66.4 Å². The van der Waals surface area contributed by atoms with Crippen LogP contribution in [0.3, 0.4) is 0 Å². The normalized spacial score (nSPS) is 22.3. The number of thioether (sulfide) groups is 1. The molecule has 3 aromatic carbocycles. The molecule has 0 aromatic heterocycles. The van der Waals surface area contributed by atoms with Crippen molar-refractivity contribution in [2.75, 3.05) is 47.0 Å². The maximum absolute atomic E-state index is 15.5. The van der Waals surface area contributed by atoms with Gasteiger partial charge in [0.15, 0.2) is 40.0 Å². The first kappa shape index (κ1) is 67.8. The van der Waals surface area contributed by atoms with Gasteiger partial charge in [0.1, 0.15) is 18.4 Å². The first-order valence-electron chi connectivity index (χ1n) is 34.2. The number of rotatable bonds is 33. The quantitative estimate of drug-likeness (QED) is 0.0345. The fourth-order valence-corrected chi connectivity index (χ4v) is 16.9. The molecular weight excluding hydrogens is 1140 g/mol. The summed E-state index contributed by atoms with van der Waals surface area (Å²) in [6.45, 7) is 9.82. The molecular formula is C72H102N4O12S. The number of benzene rings is 3. The van der Waals surface area contributed by atoms with Crippen LogP contribution >= 0.6 is 11.8 Å². The van der Waals surface area contributed by atoms with Gasteiger partial charge in [0.05, 0.1) is 37.6 Å². The number of hydrogen-bond acceptors (Lipinski definition) is 17. The standard InChI is InChI=1S/C72H102N4O12S/c1-9-11-13-15-17-19-21-23-25-27-29-31-33-35-58(78)87-57-41-50-37-38-74-72(52(50)42-56(57)81-7)45-89-70-62-61(68-67(84-46-85-68)48(4)66(62)86-49(5)77)55(44-83-71(72)80)76-54(43-73)53-40-51-39-47(3)65(82-8)69(60(51)63(64(70)76)75(53)6)88-59(79)36-34-32-30-28-26-24-22-20-18-16-14-12-10-2/h39,41-42,53-55,63-64,70,74H,9-38,40,44-46H2,1-8H3/t53-,54-,55-,63-,64?,70+,72+/m0/s1. The molecule has 17 heteroatoms. The summed E-state index contributed by atoms with van der Waals surface area (Å²) in [7, 11) is 5.18. The van der Waals surface area contributed by atoms with E-state index >= 15 is 4.79 Å². The van der Waals surface area contributed by atoms with Gasteiger partial charge in [-0.1, -0.05) is 174 Å². The average molecular weight is 1250 g/mol. The summed E-state index contributed by atoms with van der Waals surface area (Å²) in [5, 5.41) is 14.6. The van der Waals surface area contributed by atoms with Crippen molar-refractivity contribution in [1.29, 1.82) is 5.26 Å².